The molecule has 0 unspecified atom stereocenters. The van der Waals surface area contributed by atoms with E-state index in [4.69, 9.17) is 5.73 Å². The summed E-state index contributed by atoms with van der Waals surface area (Å²) < 4.78 is 4.64. The van der Waals surface area contributed by atoms with Gasteiger partial charge in [-0.3, -0.25) is 0 Å². The summed E-state index contributed by atoms with van der Waals surface area (Å²) in [6.07, 6.45) is 1.65. The maximum Gasteiger partial charge on any atom is 0.350 e. The van der Waals surface area contributed by atoms with Crippen molar-refractivity contribution >= 4 is 33.8 Å². The average molecular weight is 241 g/mol. The number of carbonyl (C=O) groups is 1. The van der Waals surface area contributed by atoms with Gasteiger partial charge in [0.25, 0.3) is 0 Å². The molecule has 0 aliphatic heterocycles. The van der Waals surface area contributed by atoms with E-state index >= 15 is 0 Å². The minimum Gasteiger partial charge on any atom is -0.465 e. The predicted molar refractivity (Wildman–Crippen MR) is 59.0 cm³/mol. The van der Waals surface area contributed by atoms with Gasteiger partial charge < -0.3 is 10.5 Å². The highest BCUT2D eigenvalue weighted by Crippen LogP contribution is 2.31. The van der Waals surface area contributed by atoms with Crippen LogP contribution in [0.25, 0.3) is 10.7 Å². The summed E-state index contributed by atoms with van der Waals surface area (Å²) in [5.74, 6) is -0.436. The van der Waals surface area contributed by atoms with E-state index in [1.54, 1.807) is 6.20 Å². The number of anilines is 1. The number of esters is 1. The van der Waals surface area contributed by atoms with E-state index in [0.29, 0.717) is 20.7 Å². The lowest BCUT2D eigenvalue weighted by Crippen LogP contribution is -2.00. The molecule has 0 fully saturated rings. The molecule has 0 bridgehead atoms. The van der Waals surface area contributed by atoms with Gasteiger partial charge in [0.1, 0.15) is 15.6 Å². The van der Waals surface area contributed by atoms with Crippen LogP contribution >= 0.6 is 22.7 Å². The molecular weight excluding hydrogens is 234 g/mol. The van der Waals surface area contributed by atoms with Crippen molar-refractivity contribution in [1.82, 2.24) is 9.97 Å². The predicted octanol–water partition coefficient (Wildman–Crippen LogP) is 1.64. The smallest absolute Gasteiger partial charge is 0.350 e. The Labute approximate surface area is 93.6 Å². The number of nitrogen functional groups attached to an aromatic ring is 1. The third kappa shape index (κ3) is 1.83. The molecule has 0 aromatic carbocycles. The molecule has 2 rings (SSSR count). The van der Waals surface area contributed by atoms with Gasteiger partial charge in [-0.05, 0) is 0 Å². The van der Waals surface area contributed by atoms with Gasteiger partial charge in [-0.1, -0.05) is 11.3 Å². The Morgan fingerprint density at radius 2 is 2.40 bits per heavy atom. The third-order valence-electron chi connectivity index (χ3n) is 1.65. The molecule has 0 radical (unpaired) electrons. The fourth-order valence-corrected chi connectivity index (χ4v) is 2.50. The number of aromatic nitrogens is 2. The highest BCUT2D eigenvalue weighted by molar-refractivity contribution is 7.18. The lowest BCUT2D eigenvalue weighted by molar-refractivity contribution is 0.0607. The van der Waals surface area contributed by atoms with Gasteiger partial charge in [-0.2, -0.15) is 0 Å². The van der Waals surface area contributed by atoms with Gasteiger partial charge >= 0.3 is 5.97 Å². The van der Waals surface area contributed by atoms with Crippen LogP contribution in [0, 0.1) is 0 Å². The summed E-state index contributed by atoms with van der Waals surface area (Å²) in [7, 11) is 1.32. The molecule has 0 saturated carbocycles. The third-order valence-corrected chi connectivity index (χ3v) is 3.29. The SMILES string of the molecule is COC(=O)c1sc(N)nc1-c1nccs1. The Morgan fingerprint density at radius 1 is 1.60 bits per heavy atom. The zero-order valence-electron chi connectivity index (χ0n) is 7.76. The van der Waals surface area contributed by atoms with E-state index < -0.39 is 5.97 Å². The van der Waals surface area contributed by atoms with Crippen LogP contribution in [-0.2, 0) is 4.74 Å². The molecule has 0 atom stereocenters. The van der Waals surface area contributed by atoms with E-state index in [-0.39, 0.29) is 0 Å². The van der Waals surface area contributed by atoms with Crippen molar-refractivity contribution in [2.45, 2.75) is 0 Å². The number of carbonyl (C=O) groups excluding carboxylic acids is 1. The van der Waals surface area contributed by atoms with Gasteiger partial charge in [0.05, 0.1) is 7.11 Å². The summed E-state index contributed by atoms with van der Waals surface area (Å²) in [6, 6.07) is 0. The quantitative estimate of drug-likeness (QED) is 0.808. The molecule has 2 N–H and O–H groups in total. The molecule has 0 aliphatic rings. The van der Waals surface area contributed by atoms with Gasteiger partial charge in [-0.25, -0.2) is 14.8 Å². The number of nitrogens with two attached hydrogens (primary N) is 1. The minimum absolute atomic E-state index is 0.334. The van der Waals surface area contributed by atoms with E-state index in [0.717, 1.165) is 11.3 Å². The van der Waals surface area contributed by atoms with Crippen LogP contribution in [0.1, 0.15) is 9.67 Å². The first-order valence-electron chi connectivity index (χ1n) is 3.97. The molecular formula is C8H7N3O2S2. The van der Waals surface area contributed by atoms with Gasteiger partial charge in [-0.15, -0.1) is 11.3 Å². The minimum atomic E-state index is -0.436. The van der Waals surface area contributed by atoms with Crippen molar-refractivity contribution in [3.63, 3.8) is 0 Å². The summed E-state index contributed by atoms with van der Waals surface area (Å²) in [6.45, 7) is 0. The van der Waals surface area contributed by atoms with Crippen LogP contribution < -0.4 is 5.73 Å². The molecule has 2 heterocycles. The topological polar surface area (TPSA) is 78.1 Å². The molecule has 0 saturated heterocycles. The van der Waals surface area contributed by atoms with Crippen LogP contribution in [0.3, 0.4) is 0 Å². The molecule has 78 valence electrons. The van der Waals surface area contributed by atoms with E-state index in [1.807, 2.05) is 5.38 Å². The lowest BCUT2D eigenvalue weighted by atomic mass is 10.4. The van der Waals surface area contributed by atoms with Gasteiger partial charge in [0.2, 0.25) is 0 Å². The summed E-state index contributed by atoms with van der Waals surface area (Å²) in [4.78, 5) is 19.9. The molecule has 7 heteroatoms. The van der Waals surface area contributed by atoms with Crippen LogP contribution in [0.5, 0.6) is 0 Å². The molecule has 5 nitrogen and oxygen atoms in total. The number of hydrogen-bond acceptors (Lipinski definition) is 7. The summed E-state index contributed by atoms with van der Waals surface area (Å²) >= 11 is 2.51. The molecule has 0 aliphatic carbocycles. The molecule has 2 aromatic rings. The maximum atomic E-state index is 11.4. The number of ether oxygens (including phenoxy) is 1. The Balaban J connectivity index is 2.52. The lowest BCUT2D eigenvalue weighted by Gasteiger charge is -1.95. The Kier molecular flexibility index (Phi) is 2.65. The van der Waals surface area contributed by atoms with Crippen LogP contribution in [0.4, 0.5) is 5.13 Å². The average Bonchev–Trinajstić information content (AvgIpc) is 2.84. The van der Waals surface area contributed by atoms with Crippen LogP contribution in [-0.4, -0.2) is 23.0 Å². The zero-order chi connectivity index (χ0) is 10.8. The Hall–Kier alpha value is -1.47. The van der Waals surface area contributed by atoms with Crippen LogP contribution in [0.2, 0.25) is 0 Å². The first kappa shape index (κ1) is 10.1. The van der Waals surface area contributed by atoms with E-state index in [9.17, 15) is 4.79 Å². The van der Waals surface area contributed by atoms with Crippen molar-refractivity contribution < 1.29 is 9.53 Å². The zero-order valence-corrected chi connectivity index (χ0v) is 9.39. The fourth-order valence-electron chi connectivity index (χ4n) is 1.05. The second kappa shape index (κ2) is 3.95. The highest BCUT2D eigenvalue weighted by atomic mass is 32.1. The molecule has 2 aromatic heterocycles. The fraction of sp³-hybridized carbons (Fsp3) is 0.125. The van der Waals surface area contributed by atoms with E-state index in [1.165, 1.54) is 18.4 Å². The van der Waals surface area contributed by atoms with Gasteiger partial charge in [0, 0.05) is 11.6 Å². The monoisotopic (exact) mass is 241 g/mol. The highest BCUT2D eigenvalue weighted by Gasteiger charge is 2.20. The largest absolute Gasteiger partial charge is 0.465 e. The van der Waals surface area contributed by atoms with Crippen molar-refractivity contribution in [3.05, 3.63) is 16.5 Å². The maximum absolute atomic E-state index is 11.4. The molecule has 0 amide bonds. The first-order chi connectivity index (χ1) is 7.22. The summed E-state index contributed by atoms with van der Waals surface area (Å²) in [5.41, 5.74) is 6.05. The number of rotatable bonds is 2. The second-order valence-electron chi connectivity index (χ2n) is 2.56. The van der Waals surface area contributed by atoms with Crippen molar-refractivity contribution in [1.29, 1.82) is 0 Å². The van der Waals surface area contributed by atoms with E-state index in [2.05, 4.69) is 14.7 Å². The Morgan fingerprint density at radius 3 is 3.00 bits per heavy atom. The van der Waals surface area contributed by atoms with Crippen molar-refractivity contribution in [3.8, 4) is 10.7 Å². The second-order valence-corrected chi connectivity index (χ2v) is 4.48. The van der Waals surface area contributed by atoms with Crippen LogP contribution in [0.15, 0.2) is 11.6 Å². The number of thiazole rings is 2. The number of nitrogens with zero attached hydrogens (tertiary/aromatic N) is 2. The van der Waals surface area contributed by atoms with Gasteiger partial charge in [0.15, 0.2) is 5.13 Å². The number of methoxy groups -OCH3 is 1. The number of hydrogen-bond donors (Lipinski definition) is 1. The van der Waals surface area contributed by atoms with Crippen molar-refractivity contribution in [2.75, 3.05) is 12.8 Å². The Bertz CT molecular complexity index is 478. The first-order valence-corrected chi connectivity index (χ1v) is 5.66. The standard InChI is InChI=1S/C8H7N3O2S2/c1-13-7(12)5-4(11-8(9)15-5)6-10-2-3-14-6/h2-3H,1H3,(H2,9,11). The normalized spacial score (nSPS) is 10.2. The summed E-state index contributed by atoms with van der Waals surface area (Å²) in [5, 5.41) is 2.82. The van der Waals surface area contributed by atoms with Crippen molar-refractivity contribution in [2.24, 2.45) is 0 Å². The molecule has 0 spiro atoms. The molecule has 15 heavy (non-hydrogen) atoms.